The summed E-state index contributed by atoms with van der Waals surface area (Å²) in [5.74, 6) is -1.15. The van der Waals surface area contributed by atoms with E-state index in [0.29, 0.717) is 32.6 Å². The molecule has 1 saturated heterocycles. The number of anilines is 1. The summed E-state index contributed by atoms with van der Waals surface area (Å²) in [6, 6.07) is 16.5. The van der Waals surface area contributed by atoms with E-state index in [1.807, 2.05) is 52.0 Å². The Kier molecular flexibility index (Phi) is 6.91. The summed E-state index contributed by atoms with van der Waals surface area (Å²) < 4.78 is 5.52. The molecule has 0 radical (unpaired) electrons. The van der Waals surface area contributed by atoms with Crippen LogP contribution in [0.4, 0.5) is 5.69 Å². The quantitative estimate of drug-likeness (QED) is 0.222. The molecule has 1 aliphatic rings. The summed E-state index contributed by atoms with van der Waals surface area (Å²) in [5.41, 5.74) is 2.97. The lowest BCUT2D eigenvalue weighted by atomic mass is 9.84. The second kappa shape index (κ2) is 9.64. The van der Waals surface area contributed by atoms with Gasteiger partial charge in [-0.3, -0.25) is 14.5 Å². The third-order valence-corrected chi connectivity index (χ3v) is 6.65. The molecule has 0 bridgehead atoms. The molecule has 5 nitrogen and oxygen atoms in total. The summed E-state index contributed by atoms with van der Waals surface area (Å²) >= 11 is 12.5. The van der Waals surface area contributed by atoms with Gasteiger partial charge in [-0.1, -0.05) is 73.8 Å². The first-order valence-electron chi connectivity index (χ1n) is 11.4. The molecule has 0 aliphatic carbocycles. The zero-order valence-corrected chi connectivity index (χ0v) is 22.2. The minimum atomic E-state index is -0.875. The summed E-state index contributed by atoms with van der Waals surface area (Å²) in [6.07, 6.45) is 0. The van der Waals surface area contributed by atoms with E-state index in [1.165, 1.54) is 4.90 Å². The summed E-state index contributed by atoms with van der Waals surface area (Å²) in [7, 11) is 1.59. The maximum atomic E-state index is 13.4. The maximum Gasteiger partial charge on any atom is 0.300 e. The SMILES string of the molecule is COc1ccc(/C(O)=C2/C(=O)C(=O)N(c3cc(Cl)cc(Cl)c3)C2c2cccc(C)c2)cc1C(C)(C)C. The molecule has 0 spiro atoms. The van der Waals surface area contributed by atoms with Crippen molar-refractivity contribution in [3.63, 3.8) is 0 Å². The molecule has 1 N–H and O–H groups in total. The number of amides is 1. The molecule has 1 heterocycles. The molecule has 4 rings (SSSR count). The fraction of sp³-hybridized carbons (Fsp3) is 0.241. The molecule has 7 heteroatoms. The number of hydrogen-bond acceptors (Lipinski definition) is 4. The van der Waals surface area contributed by atoms with Gasteiger partial charge in [0.25, 0.3) is 11.7 Å². The van der Waals surface area contributed by atoms with E-state index in [4.69, 9.17) is 27.9 Å². The van der Waals surface area contributed by atoms with Crippen molar-refractivity contribution in [2.75, 3.05) is 12.0 Å². The van der Waals surface area contributed by atoms with Crippen LogP contribution in [0.15, 0.2) is 66.2 Å². The Labute approximate surface area is 220 Å². The summed E-state index contributed by atoms with van der Waals surface area (Å²) in [6.45, 7) is 8.01. The van der Waals surface area contributed by atoms with Gasteiger partial charge < -0.3 is 9.84 Å². The molecule has 3 aromatic carbocycles. The molecule has 1 atom stereocenters. The number of carbonyl (C=O) groups is 2. The van der Waals surface area contributed by atoms with Crippen molar-refractivity contribution < 1.29 is 19.4 Å². The monoisotopic (exact) mass is 523 g/mol. The molecule has 186 valence electrons. The van der Waals surface area contributed by atoms with Gasteiger partial charge in [-0.2, -0.15) is 0 Å². The van der Waals surface area contributed by atoms with Crippen LogP contribution >= 0.6 is 23.2 Å². The topological polar surface area (TPSA) is 66.8 Å². The molecular weight excluding hydrogens is 497 g/mol. The lowest BCUT2D eigenvalue weighted by molar-refractivity contribution is -0.132. The van der Waals surface area contributed by atoms with Gasteiger partial charge in [0.15, 0.2) is 0 Å². The van der Waals surface area contributed by atoms with Crippen LogP contribution in [0.5, 0.6) is 5.75 Å². The van der Waals surface area contributed by atoms with Gasteiger partial charge in [0.2, 0.25) is 0 Å². The highest BCUT2D eigenvalue weighted by Crippen LogP contribution is 2.44. The number of nitrogens with zero attached hydrogens (tertiary/aromatic N) is 1. The van der Waals surface area contributed by atoms with Crippen LogP contribution in [0, 0.1) is 6.92 Å². The van der Waals surface area contributed by atoms with Crippen molar-refractivity contribution >= 4 is 46.3 Å². The highest BCUT2D eigenvalue weighted by atomic mass is 35.5. The van der Waals surface area contributed by atoms with Crippen molar-refractivity contribution in [2.45, 2.75) is 39.2 Å². The molecule has 1 unspecified atom stereocenters. The van der Waals surface area contributed by atoms with Crippen LogP contribution in [0.2, 0.25) is 10.0 Å². The highest BCUT2D eigenvalue weighted by Gasteiger charge is 2.47. The average Bonchev–Trinajstić information content (AvgIpc) is 3.07. The van der Waals surface area contributed by atoms with Crippen LogP contribution in [-0.4, -0.2) is 23.9 Å². The number of hydrogen-bond donors (Lipinski definition) is 1. The van der Waals surface area contributed by atoms with E-state index in [0.717, 1.165) is 11.1 Å². The van der Waals surface area contributed by atoms with Crippen LogP contribution in [0.25, 0.3) is 5.76 Å². The van der Waals surface area contributed by atoms with E-state index in [1.54, 1.807) is 43.5 Å². The zero-order valence-electron chi connectivity index (χ0n) is 20.7. The summed E-state index contributed by atoms with van der Waals surface area (Å²) in [5, 5.41) is 12.2. The van der Waals surface area contributed by atoms with Gasteiger partial charge in [-0.15, -0.1) is 0 Å². The van der Waals surface area contributed by atoms with E-state index in [-0.39, 0.29) is 16.7 Å². The van der Waals surface area contributed by atoms with Crippen LogP contribution < -0.4 is 9.64 Å². The Morgan fingerprint density at radius 2 is 1.64 bits per heavy atom. The van der Waals surface area contributed by atoms with Crippen LogP contribution in [0.1, 0.15) is 49.1 Å². The first kappa shape index (κ1) is 25.8. The third kappa shape index (κ3) is 4.73. The van der Waals surface area contributed by atoms with Gasteiger partial charge in [-0.25, -0.2) is 0 Å². The van der Waals surface area contributed by atoms with Crippen molar-refractivity contribution in [3.05, 3.63) is 98.5 Å². The smallest absolute Gasteiger partial charge is 0.300 e. The Hall–Kier alpha value is -3.28. The lowest BCUT2D eigenvalue weighted by Gasteiger charge is -2.26. The zero-order chi connectivity index (χ0) is 26.4. The van der Waals surface area contributed by atoms with E-state index < -0.39 is 17.7 Å². The van der Waals surface area contributed by atoms with Gasteiger partial charge in [-0.05, 0) is 54.3 Å². The number of ketones is 1. The van der Waals surface area contributed by atoms with Gasteiger partial charge >= 0.3 is 0 Å². The largest absolute Gasteiger partial charge is 0.507 e. The molecule has 1 amide bonds. The minimum absolute atomic E-state index is 0.00766. The van der Waals surface area contributed by atoms with E-state index >= 15 is 0 Å². The number of rotatable bonds is 4. The summed E-state index contributed by atoms with van der Waals surface area (Å²) in [4.78, 5) is 28.2. The van der Waals surface area contributed by atoms with Gasteiger partial charge in [0.05, 0.1) is 18.7 Å². The number of Topliss-reactive ketones (excluding diaryl/α,β-unsaturated/α-hetero) is 1. The van der Waals surface area contributed by atoms with Crippen molar-refractivity contribution in [1.82, 2.24) is 0 Å². The number of aliphatic hydroxyl groups excluding tert-OH is 1. The molecule has 36 heavy (non-hydrogen) atoms. The predicted molar refractivity (Wildman–Crippen MR) is 144 cm³/mol. The van der Waals surface area contributed by atoms with Crippen molar-refractivity contribution in [1.29, 1.82) is 0 Å². The second-order valence-corrected chi connectivity index (χ2v) is 10.7. The Bertz CT molecular complexity index is 1380. The minimum Gasteiger partial charge on any atom is -0.507 e. The number of benzene rings is 3. The van der Waals surface area contributed by atoms with Gasteiger partial charge in [0, 0.05) is 26.9 Å². The molecule has 1 aliphatic heterocycles. The predicted octanol–water partition coefficient (Wildman–Crippen LogP) is 7.23. The fourth-order valence-electron chi connectivity index (χ4n) is 4.53. The molecular formula is C29H27Cl2NO4. The van der Waals surface area contributed by atoms with Crippen molar-refractivity contribution in [2.24, 2.45) is 0 Å². The lowest BCUT2D eigenvalue weighted by Crippen LogP contribution is -2.29. The first-order chi connectivity index (χ1) is 16.9. The molecule has 0 saturated carbocycles. The number of methoxy groups -OCH3 is 1. The number of aryl methyl sites for hydroxylation is 1. The van der Waals surface area contributed by atoms with Gasteiger partial charge in [0.1, 0.15) is 11.5 Å². The van der Waals surface area contributed by atoms with E-state index in [2.05, 4.69) is 0 Å². The fourth-order valence-corrected chi connectivity index (χ4v) is 5.04. The van der Waals surface area contributed by atoms with Crippen LogP contribution in [0.3, 0.4) is 0 Å². The number of aliphatic hydroxyl groups is 1. The molecule has 3 aromatic rings. The Morgan fingerprint density at radius 1 is 0.972 bits per heavy atom. The first-order valence-corrected chi connectivity index (χ1v) is 12.2. The van der Waals surface area contributed by atoms with Crippen LogP contribution in [-0.2, 0) is 15.0 Å². The second-order valence-electron chi connectivity index (χ2n) is 9.88. The number of carbonyl (C=O) groups excluding carboxylic acids is 2. The Balaban J connectivity index is 1.99. The van der Waals surface area contributed by atoms with E-state index in [9.17, 15) is 14.7 Å². The number of halogens is 2. The Morgan fingerprint density at radius 3 is 2.22 bits per heavy atom. The number of ether oxygens (including phenoxy) is 1. The maximum absolute atomic E-state index is 13.4. The average molecular weight is 524 g/mol. The van der Waals surface area contributed by atoms with Crippen molar-refractivity contribution in [3.8, 4) is 5.75 Å². The molecule has 0 aromatic heterocycles. The standard InChI is InChI=1S/C29H27Cl2NO4/c1-16-7-6-8-17(11-16)25-24(26(33)18-9-10-23(36-5)22(12-18)29(2,3)4)27(34)28(35)32(25)21-14-19(30)13-20(31)15-21/h6-15,25,33H,1-5H3/b26-24-. The normalized spacial score (nSPS) is 17.5. The third-order valence-electron chi connectivity index (χ3n) is 6.21. The highest BCUT2D eigenvalue weighted by molar-refractivity contribution is 6.52. The molecule has 1 fully saturated rings.